The van der Waals surface area contributed by atoms with E-state index in [1.807, 2.05) is 24.9 Å². The van der Waals surface area contributed by atoms with E-state index in [-0.39, 0.29) is 0 Å². The molecule has 1 N–H and O–H groups in total. The summed E-state index contributed by atoms with van der Waals surface area (Å²) in [5, 5.41) is 7.99. The topological polar surface area (TPSA) is 39.1 Å². The van der Waals surface area contributed by atoms with Crippen LogP contribution in [-0.2, 0) is 13.5 Å². The van der Waals surface area contributed by atoms with Gasteiger partial charge in [-0.1, -0.05) is 13.0 Å². The Labute approximate surface area is 119 Å². The lowest BCUT2D eigenvalue weighted by molar-refractivity contribution is 0.357. The van der Waals surface area contributed by atoms with Crippen molar-refractivity contribution < 1.29 is 4.74 Å². The molecule has 4 heteroatoms. The van der Waals surface area contributed by atoms with Gasteiger partial charge in [0.2, 0.25) is 0 Å². The van der Waals surface area contributed by atoms with Crippen LogP contribution >= 0.6 is 0 Å². The van der Waals surface area contributed by atoms with Gasteiger partial charge < -0.3 is 10.1 Å². The third-order valence-corrected chi connectivity index (χ3v) is 3.87. The minimum Gasteiger partial charge on any atom is -0.493 e. The van der Waals surface area contributed by atoms with Gasteiger partial charge in [-0.05, 0) is 36.6 Å². The number of anilines is 1. The molecular weight excluding hydrogens is 250 g/mol. The van der Waals surface area contributed by atoms with Gasteiger partial charge in [-0.25, -0.2) is 0 Å². The molecule has 1 aromatic carbocycles. The SMILES string of the molecule is CCC(Nc1cn(C)nc1C)c1ccc2c(c1)CCO2. The zero-order chi connectivity index (χ0) is 14.1. The maximum atomic E-state index is 5.57. The molecule has 0 radical (unpaired) electrons. The van der Waals surface area contributed by atoms with Crippen molar-refractivity contribution in [3.63, 3.8) is 0 Å². The molecule has 20 heavy (non-hydrogen) atoms. The molecule has 1 unspecified atom stereocenters. The molecular formula is C16H21N3O. The summed E-state index contributed by atoms with van der Waals surface area (Å²) in [7, 11) is 1.95. The van der Waals surface area contributed by atoms with Gasteiger partial charge in [0.15, 0.2) is 0 Å². The highest BCUT2D eigenvalue weighted by Gasteiger charge is 2.17. The van der Waals surface area contributed by atoms with Gasteiger partial charge in [-0.3, -0.25) is 4.68 Å². The molecule has 1 atom stereocenters. The Morgan fingerprint density at radius 1 is 1.45 bits per heavy atom. The van der Waals surface area contributed by atoms with Crippen LogP contribution in [0.5, 0.6) is 5.75 Å². The lowest BCUT2D eigenvalue weighted by Crippen LogP contribution is -2.10. The van der Waals surface area contributed by atoms with Crippen LogP contribution in [0.3, 0.4) is 0 Å². The van der Waals surface area contributed by atoms with Crippen molar-refractivity contribution in [1.82, 2.24) is 9.78 Å². The lowest BCUT2D eigenvalue weighted by Gasteiger charge is -2.19. The predicted molar refractivity (Wildman–Crippen MR) is 80.2 cm³/mol. The van der Waals surface area contributed by atoms with Crippen LogP contribution in [-0.4, -0.2) is 16.4 Å². The zero-order valence-corrected chi connectivity index (χ0v) is 12.3. The van der Waals surface area contributed by atoms with E-state index in [0.717, 1.165) is 36.6 Å². The molecule has 3 rings (SSSR count). The van der Waals surface area contributed by atoms with Gasteiger partial charge >= 0.3 is 0 Å². The zero-order valence-electron chi connectivity index (χ0n) is 12.3. The molecule has 0 spiro atoms. The summed E-state index contributed by atoms with van der Waals surface area (Å²) < 4.78 is 7.42. The molecule has 4 nitrogen and oxygen atoms in total. The number of nitrogens with zero attached hydrogens (tertiary/aromatic N) is 2. The first kappa shape index (κ1) is 13.0. The van der Waals surface area contributed by atoms with Crippen molar-refractivity contribution in [3.05, 3.63) is 41.2 Å². The van der Waals surface area contributed by atoms with Gasteiger partial charge in [-0.15, -0.1) is 0 Å². The molecule has 0 amide bonds. The smallest absolute Gasteiger partial charge is 0.122 e. The van der Waals surface area contributed by atoms with Crippen molar-refractivity contribution >= 4 is 5.69 Å². The van der Waals surface area contributed by atoms with Crippen molar-refractivity contribution in [2.24, 2.45) is 7.05 Å². The van der Waals surface area contributed by atoms with E-state index in [2.05, 4.69) is 35.5 Å². The molecule has 1 aromatic heterocycles. The number of fused-ring (bicyclic) bond motifs is 1. The minimum atomic E-state index is 0.309. The number of rotatable bonds is 4. The molecule has 1 aliphatic heterocycles. The van der Waals surface area contributed by atoms with E-state index in [1.165, 1.54) is 11.1 Å². The number of hydrogen-bond donors (Lipinski definition) is 1. The van der Waals surface area contributed by atoms with Crippen molar-refractivity contribution in [2.45, 2.75) is 32.7 Å². The monoisotopic (exact) mass is 271 g/mol. The summed E-state index contributed by atoms with van der Waals surface area (Å²) in [5.74, 6) is 1.04. The van der Waals surface area contributed by atoms with E-state index >= 15 is 0 Å². The summed E-state index contributed by atoms with van der Waals surface area (Å²) in [6.45, 7) is 5.05. The lowest BCUT2D eigenvalue weighted by atomic mass is 10.0. The third kappa shape index (κ3) is 2.38. The Morgan fingerprint density at radius 3 is 3.00 bits per heavy atom. The minimum absolute atomic E-state index is 0.309. The summed E-state index contributed by atoms with van der Waals surface area (Å²) in [6, 6.07) is 6.84. The predicted octanol–water partition coefficient (Wildman–Crippen LogP) is 3.23. The average molecular weight is 271 g/mol. The largest absolute Gasteiger partial charge is 0.493 e. The van der Waals surface area contributed by atoms with Gasteiger partial charge in [0, 0.05) is 19.7 Å². The van der Waals surface area contributed by atoms with Crippen LogP contribution in [0.1, 0.15) is 36.2 Å². The van der Waals surface area contributed by atoms with Crippen LogP contribution in [0, 0.1) is 6.92 Å². The Bertz CT molecular complexity index is 618. The maximum Gasteiger partial charge on any atom is 0.122 e. The van der Waals surface area contributed by atoms with Gasteiger partial charge in [0.25, 0.3) is 0 Å². The van der Waals surface area contributed by atoms with Crippen LogP contribution in [0.25, 0.3) is 0 Å². The number of hydrogen-bond acceptors (Lipinski definition) is 3. The second-order valence-corrected chi connectivity index (χ2v) is 5.37. The number of nitrogens with one attached hydrogen (secondary N) is 1. The van der Waals surface area contributed by atoms with Crippen molar-refractivity contribution in [2.75, 3.05) is 11.9 Å². The second-order valence-electron chi connectivity index (χ2n) is 5.37. The summed E-state index contributed by atoms with van der Waals surface area (Å²) in [4.78, 5) is 0. The highest BCUT2D eigenvalue weighted by molar-refractivity contribution is 5.49. The van der Waals surface area contributed by atoms with E-state index in [4.69, 9.17) is 4.74 Å². The second kappa shape index (κ2) is 5.19. The standard InChI is InChI=1S/C16H21N3O/c1-4-14(17-15-10-19(3)18-11(15)2)12-5-6-16-13(9-12)7-8-20-16/h5-6,9-10,14,17H,4,7-8H2,1-3H3. The van der Waals surface area contributed by atoms with Gasteiger partial charge in [0.1, 0.15) is 5.75 Å². The Balaban J connectivity index is 1.84. The van der Waals surface area contributed by atoms with Crippen LogP contribution in [0.2, 0.25) is 0 Å². The Morgan fingerprint density at radius 2 is 2.30 bits per heavy atom. The molecule has 0 bridgehead atoms. The Hall–Kier alpha value is -1.97. The van der Waals surface area contributed by atoms with E-state index in [9.17, 15) is 0 Å². The number of benzene rings is 1. The summed E-state index contributed by atoms with van der Waals surface area (Å²) >= 11 is 0. The first-order chi connectivity index (χ1) is 9.67. The fourth-order valence-corrected chi connectivity index (χ4v) is 2.77. The number of aryl methyl sites for hydroxylation is 2. The van der Waals surface area contributed by atoms with Crippen molar-refractivity contribution in [1.29, 1.82) is 0 Å². The quantitative estimate of drug-likeness (QED) is 0.928. The van der Waals surface area contributed by atoms with Crippen LogP contribution in [0.4, 0.5) is 5.69 Å². The first-order valence-electron chi connectivity index (χ1n) is 7.19. The molecule has 0 fully saturated rings. The normalized spacial score (nSPS) is 14.8. The van der Waals surface area contributed by atoms with Crippen molar-refractivity contribution in [3.8, 4) is 5.75 Å². The van der Waals surface area contributed by atoms with E-state index in [0.29, 0.717) is 6.04 Å². The van der Waals surface area contributed by atoms with Gasteiger partial charge in [0.05, 0.1) is 24.0 Å². The molecule has 2 aromatic rings. The van der Waals surface area contributed by atoms with Gasteiger partial charge in [-0.2, -0.15) is 5.10 Å². The number of ether oxygens (including phenoxy) is 1. The van der Waals surface area contributed by atoms with E-state index in [1.54, 1.807) is 0 Å². The van der Waals surface area contributed by atoms with Crippen LogP contribution in [0.15, 0.2) is 24.4 Å². The summed E-state index contributed by atoms with van der Waals surface area (Å²) in [5.41, 5.74) is 4.79. The highest BCUT2D eigenvalue weighted by Crippen LogP contribution is 2.31. The molecule has 0 saturated heterocycles. The molecule has 1 aliphatic rings. The molecule has 106 valence electrons. The highest BCUT2D eigenvalue weighted by atomic mass is 16.5. The first-order valence-corrected chi connectivity index (χ1v) is 7.19. The molecule has 2 heterocycles. The van der Waals surface area contributed by atoms with E-state index < -0.39 is 0 Å². The third-order valence-electron chi connectivity index (χ3n) is 3.87. The number of aromatic nitrogens is 2. The summed E-state index contributed by atoms with van der Waals surface area (Å²) in [6.07, 6.45) is 4.09. The average Bonchev–Trinajstić information content (AvgIpc) is 3.01. The van der Waals surface area contributed by atoms with Crippen LogP contribution < -0.4 is 10.1 Å². The maximum absolute atomic E-state index is 5.57. The fourth-order valence-electron chi connectivity index (χ4n) is 2.77. The Kier molecular flexibility index (Phi) is 3.38. The molecule has 0 saturated carbocycles. The molecule has 0 aliphatic carbocycles. The fraction of sp³-hybridized carbons (Fsp3) is 0.438.